The molecular weight excluding hydrogens is 516 g/mol. The van der Waals surface area contributed by atoms with E-state index >= 15 is 0 Å². The number of fused-ring (bicyclic) bond motifs is 1. The fourth-order valence-corrected chi connectivity index (χ4v) is 6.90. The molecule has 0 radical (unpaired) electrons. The number of hydrogen-bond acceptors (Lipinski definition) is 8. The normalized spacial score (nSPS) is 22.5. The number of ether oxygens (including phenoxy) is 1. The maximum Gasteiger partial charge on any atom is 0.254 e. The third-order valence-corrected chi connectivity index (χ3v) is 9.42. The van der Waals surface area contributed by atoms with Crippen LogP contribution in [0.3, 0.4) is 0 Å². The summed E-state index contributed by atoms with van der Waals surface area (Å²) in [5, 5.41) is 23.7. The summed E-state index contributed by atoms with van der Waals surface area (Å²) in [6.45, 7) is 4.07. The molecule has 2 amide bonds. The first-order valence-corrected chi connectivity index (χ1v) is 14.9. The number of hydrogen-bond donors (Lipinski definition) is 3. The van der Waals surface area contributed by atoms with E-state index in [4.69, 9.17) is 9.84 Å². The van der Waals surface area contributed by atoms with Gasteiger partial charge < -0.3 is 20.7 Å². The molecule has 3 aromatic heterocycles. The average molecular weight is 551 g/mol. The van der Waals surface area contributed by atoms with E-state index < -0.39 is 0 Å². The lowest BCUT2D eigenvalue weighted by Gasteiger charge is -2.25. The second-order valence-corrected chi connectivity index (χ2v) is 12.4. The number of aryl methyl sites for hydroxylation is 2. The van der Waals surface area contributed by atoms with Crippen molar-refractivity contribution in [1.82, 2.24) is 29.9 Å². The second-order valence-electron chi connectivity index (χ2n) is 11.3. The van der Waals surface area contributed by atoms with Crippen LogP contribution >= 0.6 is 11.3 Å². The van der Waals surface area contributed by atoms with E-state index in [1.807, 2.05) is 17.7 Å². The molecule has 3 fully saturated rings. The number of rotatable bonds is 9. The summed E-state index contributed by atoms with van der Waals surface area (Å²) in [5.74, 6) is 2.14. The van der Waals surface area contributed by atoms with Crippen LogP contribution in [0.2, 0.25) is 0 Å². The standard InChI is InChI=1S/C27H34N8O3S/c1-15-10-22(35(33-15)19-8-9-38-13-19)30-27-32-29-14-34(27)18-6-7-21-20(11-18)23(25(37)28-12-16-2-3-16)26(39-21)31-24(36)17-4-5-17/h10,14,16-19H,2-9,11-13H2,1H3,(H,28,37)(H,30,32)(H,31,36)/t18-,19?/m0/s1. The van der Waals surface area contributed by atoms with Gasteiger partial charge in [-0.1, -0.05) is 0 Å². The number of carbonyl (C=O) groups excluding carboxylic acids is 2. The molecule has 7 rings (SSSR count). The summed E-state index contributed by atoms with van der Waals surface area (Å²) in [4.78, 5) is 27.3. The topological polar surface area (TPSA) is 128 Å². The monoisotopic (exact) mass is 550 g/mol. The maximum absolute atomic E-state index is 13.4. The number of nitrogens with one attached hydrogen (secondary N) is 3. The van der Waals surface area contributed by atoms with E-state index in [0.29, 0.717) is 42.0 Å². The van der Waals surface area contributed by atoms with Gasteiger partial charge in [-0.25, -0.2) is 4.68 Å². The van der Waals surface area contributed by atoms with E-state index in [-0.39, 0.29) is 29.8 Å². The highest BCUT2D eigenvalue weighted by molar-refractivity contribution is 7.17. The van der Waals surface area contributed by atoms with Crippen molar-refractivity contribution in [1.29, 1.82) is 0 Å². The minimum atomic E-state index is -0.0774. The van der Waals surface area contributed by atoms with Gasteiger partial charge >= 0.3 is 0 Å². The average Bonchev–Trinajstić information content (AvgIpc) is 3.75. The second kappa shape index (κ2) is 10.1. The summed E-state index contributed by atoms with van der Waals surface area (Å²) in [5.41, 5.74) is 2.62. The van der Waals surface area contributed by atoms with Gasteiger partial charge in [0, 0.05) is 36.1 Å². The molecule has 4 aliphatic rings. The molecule has 0 spiro atoms. The van der Waals surface area contributed by atoms with Crippen LogP contribution < -0.4 is 16.0 Å². The molecule has 1 unspecified atom stereocenters. The van der Waals surface area contributed by atoms with Crippen LogP contribution in [-0.2, 0) is 22.4 Å². The van der Waals surface area contributed by atoms with Crippen molar-refractivity contribution in [2.75, 3.05) is 30.4 Å². The highest BCUT2D eigenvalue weighted by Crippen LogP contribution is 2.43. The molecule has 2 atom stereocenters. The van der Waals surface area contributed by atoms with Crippen molar-refractivity contribution >= 4 is 39.9 Å². The lowest BCUT2D eigenvalue weighted by atomic mass is 9.91. The van der Waals surface area contributed by atoms with Gasteiger partial charge in [-0.05, 0) is 69.8 Å². The van der Waals surface area contributed by atoms with E-state index in [1.54, 1.807) is 17.7 Å². The highest BCUT2D eigenvalue weighted by Gasteiger charge is 2.35. The van der Waals surface area contributed by atoms with Crippen LogP contribution in [0.5, 0.6) is 0 Å². The lowest BCUT2D eigenvalue weighted by molar-refractivity contribution is -0.117. The van der Waals surface area contributed by atoms with E-state index in [9.17, 15) is 9.59 Å². The Hall–Kier alpha value is -3.25. The SMILES string of the molecule is Cc1cc(Nc2nncn2[C@H]2CCc3sc(NC(=O)C4CC4)c(C(=O)NCC4CC4)c3C2)n(C2CCOC2)n1. The van der Waals surface area contributed by atoms with Crippen LogP contribution in [0.25, 0.3) is 0 Å². The molecule has 3 aliphatic carbocycles. The van der Waals surface area contributed by atoms with Gasteiger partial charge in [-0.15, -0.1) is 21.5 Å². The van der Waals surface area contributed by atoms with Crippen LogP contribution in [-0.4, -0.2) is 56.1 Å². The van der Waals surface area contributed by atoms with Gasteiger partial charge in [0.2, 0.25) is 11.9 Å². The van der Waals surface area contributed by atoms with E-state index in [0.717, 1.165) is 55.8 Å². The molecule has 2 saturated carbocycles. The van der Waals surface area contributed by atoms with Crippen molar-refractivity contribution in [3.63, 3.8) is 0 Å². The zero-order valence-electron chi connectivity index (χ0n) is 22.1. The zero-order chi connectivity index (χ0) is 26.5. The van der Waals surface area contributed by atoms with E-state index in [1.165, 1.54) is 17.7 Å². The smallest absolute Gasteiger partial charge is 0.254 e. The third kappa shape index (κ3) is 5.07. The third-order valence-electron chi connectivity index (χ3n) is 8.21. The zero-order valence-corrected chi connectivity index (χ0v) is 22.9. The molecule has 3 N–H and O–H groups in total. The van der Waals surface area contributed by atoms with Gasteiger partial charge in [0.1, 0.15) is 17.1 Å². The Morgan fingerprint density at radius 3 is 2.79 bits per heavy atom. The van der Waals surface area contributed by atoms with Crippen LogP contribution in [0.4, 0.5) is 16.8 Å². The minimum Gasteiger partial charge on any atom is -0.379 e. The largest absolute Gasteiger partial charge is 0.379 e. The molecule has 4 heterocycles. The number of thiophene rings is 1. The molecule has 11 nitrogen and oxygen atoms in total. The predicted octanol–water partition coefficient (Wildman–Crippen LogP) is 3.77. The molecule has 0 bridgehead atoms. The van der Waals surface area contributed by atoms with E-state index in [2.05, 4.69) is 30.7 Å². The number of carbonyl (C=O) groups is 2. The molecular formula is C27H34N8O3S. The first kappa shape index (κ1) is 24.8. The van der Waals surface area contributed by atoms with Crippen LogP contribution in [0.1, 0.15) is 77.1 Å². The molecule has 1 aliphatic heterocycles. The lowest BCUT2D eigenvalue weighted by Crippen LogP contribution is -2.28. The van der Waals surface area contributed by atoms with Crippen molar-refractivity contribution in [2.24, 2.45) is 11.8 Å². The summed E-state index contributed by atoms with van der Waals surface area (Å²) < 4.78 is 9.66. The quantitative estimate of drug-likeness (QED) is 0.370. The number of amides is 2. The molecule has 39 heavy (non-hydrogen) atoms. The fraction of sp³-hybridized carbons (Fsp3) is 0.593. The van der Waals surface area contributed by atoms with Gasteiger partial charge in [-0.2, -0.15) is 5.10 Å². The Bertz CT molecular complexity index is 1400. The number of aromatic nitrogens is 5. The Morgan fingerprint density at radius 2 is 2.03 bits per heavy atom. The molecule has 12 heteroatoms. The van der Waals surface area contributed by atoms with Crippen molar-refractivity contribution < 1.29 is 14.3 Å². The van der Waals surface area contributed by atoms with Crippen LogP contribution in [0.15, 0.2) is 12.4 Å². The Morgan fingerprint density at radius 1 is 1.15 bits per heavy atom. The van der Waals surface area contributed by atoms with Crippen molar-refractivity contribution in [3.8, 4) is 0 Å². The van der Waals surface area contributed by atoms with Gasteiger partial charge in [0.15, 0.2) is 0 Å². The minimum absolute atomic E-state index is 0.0336. The Balaban J connectivity index is 1.15. The van der Waals surface area contributed by atoms with Gasteiger partial charge in [0.25, 0.3) is 5.91 Å². The van der Waals surface area contributed by atoms with Crippen molar-refractivity contribution in [2.45, 2.75) is 70.4 Å². The highest BCUT2D eigenvalue weighted by atomic mass is 32.1. The summed E-state index contributed by atoms with van der Waals surface area (Å²) in [7, 11) is 0. The van der Waals surface area contributed by atoms with Gasteiger partial charge in [0.05, 0.1) is 23.9 Å². The predicted molar refractivity (Wildman–Crippen MR) is 147 cm³/mol. The maximum atomic E-state index is 13.4. The molecule has 1 saturated heterocycles. The van der Waals surface area contributed by atoms with Gasteiger partial charge in [-0.3, -0.25) is 14.2 Å². The number of nitrogens with zero attached hydrogens (tertiary/aromatic N) is 5. The first-order chi connectivity index (χ1) is 19.0. The fourth-order valence-electron chi connectivity index (χ4n) is 5.66. The summed E-state index contributed by atoms with van der Waals surface area (Å²) in [6.07, 6.45) is 9.30. The summed E-state index contributed by atoms with van der Waals surface area (Å²) >= 11 is 1.57. The summed E-state index contributed by atoms with van der Waals surface area (Å²) in [6, 6.07) is 2.30. The van der Waals surface area contributed by atoms with Crippen molar-refractivity contribution in [3.05, 3.63) is 34.1 Å². The number of anilines is 3. The van der Waals surface area contributed by atoms with Crippen LogP contribution in [0, 0.1) is 18.8 Å². The Kier molecular flexibility index (Phi) is 6.38. The molecule has 3 aromatic rings. The Labute approximate surface area is 230 Å². The molecule has 206 valence electrons. The first-order valence-electron chi connectivity index (χ1n) is 14.1. The molecule has 0 aromatic carbocycles.